The number of ether oxygens (including phenoxy) is 2. The first kappa shape index (κ1) is 29.6. The number of halogens is 6. The molecule has 15 heteroatoms. The number of morpholine rings is 1. The summed E-state index contributed by atoms with van der Waals surface area (Å²) >= 11 is 0. The molecule has 0 amide bonds. The Labute approximate surface area is 191 Å². The molecule has 3 atom stereocenters. The molecule has 2 heterocycles. The number of aliphatic carboxylic acids is 2. The zero-order valence-electron chi connectivity index (χ0n) is 18.5. The predicted octanol–water partition coefficient (Wildman–Crippen LogP) is 2.70. The number of rotatable bonds is 5. The highest BCUT2D eigenvalue weighted by Crippen LogP contribution is 2.35. The van der Waals surface area contributed by atoms with Crippen LogP contribution >= 0.6 is 0 Å². The van der Waals surface area contributed by atoms with Crippen LogP contribution in [0.4, 0.5) is 26.3 Å². The third-order valence-corrected chi connectivity index (χ3v) is 5.00. The highest BCUT2D eigenvalue weighted by molar-refractivity contribution is 5.73. The molecule has 3 rings (SSSR count). The summed E-state index contributed by atoms with van der Waals surface area (Å²) in [5.74, 6) is -4.95. The first-order chi connectivity index (χ1) is 15.7. The maximum absolute atomic E-state index is 10.6. The maximum atomic E-state index is 10.6. The molecule has 34 heavy (non-hydrogen) atoms. The Kier molecular flexibility index (Phi) is 11.2. The van der Waals surface area contributed by atoms with Crippen molar-refractivity contribution in [1.29, 1.82) is 0 Å². The van der Waals surface area contributed by atoms with E-state index in [1.54, 1.807) is 0 Å². The van der Waals surface area contributed by atoms with Crippen molar-refractivity contribution in [1.82, 2.24) is 14.7 Å². The molecule has 196 valence electrons. The summed E-state index contributed by atoms with van der Waals surface area (Å²) < 4.78 is 77.0. The van der Waals surface area contributed by atoms with Crippen molar-refractivity contribution >= 4 is 11.9 Å². The van der Waals surface area contributed by atoms with Gasteiger partial charge in [-0.1, -0.05) is 0 Å². The van der Waals surface area contributed by atoms with Crippen molar-refractivity contribution in [3.05, 3.63) is 18.0 Å². The van der Waals surface area contributed by atoms with Crippen LogP contribution in [0.1, 0.15) is 25.3 Å². The van der Waals surface area contributed by atoms with E-state index in [1.807, 2.05) is 17.9 Å². The molecule has 0 aromatic carbocycles. The van der Waals surface area contributed by atoms with Gasteiger partial charge >= 0.3 is 24.3 Å². The quantitative estimate of drug-likeness (QED) is 0.585. The van der Waals surface area contributed by atoms with Gasteiger partial charge in [0.1, 0.15) is 0 Å². The third-order valence-electron chi connectivity index (χ3n) is 5.00. The van der Waals surface area contributed by atoms with Crippen LogP contribution in [0, 0.1) is 5.92 Å². The second-order valence-electron chi connectivity index (χ2n) is 7.50. The minimum atomic E-state index is -5.08. The van der Waals surface area contributed by atoms with E-state index in [0.717, 1.165) is 32.9 Å². The van der Waals surface area contributed by atoms with E-state index < -0.39 is 24.3 Å². The van der Waals surface area contributed by atoms with Crippen LogP contribution in [0.2, 0.25) is 0 Å². The third kappa shape index (κ3) is 9.85. The Morgan fingerprint density at radius 3 is 2.15 bits per heavy atom. The van der Waals surface area contributed by atoms with Crippen LogP contribution in [0.15, 0.2) is 12.4 Å². The fourth-order valence-electron chi connectivity index (χ4n) is 3.57. The van der Waals surface area contributed by atoms with Crippen LogP contribution < -0.4 is 0 Å². The van der Waals surface area contributed by atoms with Crippen molar-refractivity contribution in [3.8, 4) is 0 Å². The van der Waals surface area contributed by atoms with Crippen molar-refractivity contribution in [3.63, 3.8) is 0 Å². The lowest BCUT2D eigenvalue weighted by atomic mass is 10.0. The molecule has 1 unspecified atom stereocenters. The van der Waals surface area contributed by atoms with E-state index in [0.29, 0.717) is 18.1 Å². The highest BCUT2D eigenvalue weighted by Gasteiger charge is 2.42. The fourth-order valence-corrected chi connectivity index (χ4v) is 3.57. The summed E-state index contributed by atoms with van der Waals surface area (Å²) in [4.78, 5) is 20.4. The first-order valence-electron chi connectivity index (χ1n) is 10.2. The number of carboxylic acids is 2. The molecule has 2 N–H and O–H groups in total. The number of aromatic nitrogens is 2. The Hall–Kier alpha value is -2.39. The number of aryl methyl sites for hydroxylation is 1. The summed E-state index contributed by atoms with van der Waals surface area (Å²) in [6.45, 7) is 6.55. The topological polar surface area (TPSA) is 114 Å². The van der Waals surface area contributed by atoms with Gasteiger partial charge in [-0.05, 0) is 19.8 Å². The molecule has 0 spiro atoms. The summed E-state index contributed by atoms with van der Waals surface area (Å²) in [5.41, 5.74) is 1.29. The van der Waals surface area contributed by atoms with Crippen LogP contribution in [0.5, 0.6) is 0 Å². The Balaban J connectivity index is 0.000000343. The number of hydrogen-bond acceptors (Lipinski definition) is 6. The molecule has 1 aromatic rings. The predicted molar refractivity (Wildman–Crippen MR) is 104 cm³/mol. The van der Waals surface area contributed by atoms with Crippen LogP contribution in [-0.2, 0) is 32.7 Å². The average molecular weight is 507 g/mol. The van der Waals surface area contributed by atoms with Crippen molar-refractivity contribution in [2.45, 2.75) is 50.8 Å². The average Bonchev–Trinajstić information content (AvgIpc) is 3.32. The smallest absolute Gasteiger partial charge is 0.475 e. The second kappa shape index (κ2) is 12.9. The number of fused-ring (bicyclic) bond motifs is 1. The summed E-state index contributed by atoms with van der Waals surface area (Å²) in [7, 11) is 1.97. The molecule has 1 aromatic heterocycles. The molecule has 1 aliphatic carbocycles. The van der Waals surface area contributed by atoms with Gasteiger partial charge in [0.05, 0.1) is 25.5 Å². The zero-order chi connectivity index (χ0) is 26.1. The molecular weight excluding hydrogens is 480 g/mol. The molecular formula is C19H27F6N3O6. The largest absolute Gasteiger partial charge is 0.490 e. The van der Waals surface area contributed by atoms with Crippen LogP contribution in [0.3, 0.4) is 0 Å². The molecule has 1 saturated heterocycles. The summed E-state index contributed by atoms with van der Waals surface area (Å²) in [6.07, 6.45) is -3.29. The number of alkyl halides is 6. The lowest BCUT2D eigenvalue weighted by Gasteiger charge is -2.39. The molecule has 1 aliphatic heterocycles. The normalized spacial score (nSPS) is 22.6. The van der Waals surface area contributed by atoms with Gasteiger partial charge in [-0.3, -0.25) is 9.58 Å². The van der Waals surface area contributed by atoms with E-state index >= 15 is 0 Å². The minimum Gasteiger partial charge on any atom is -0.475 e. The number of nitrogens with zero attached hydrogens (tertiary/aromatic N) is 3. The number of hydrogen-bond donors (Lipinski definition) is 2. The van der Waals surface area contributed by atoms with Gasteiger partial charge in [0.15, 0.2) is 0 Å². The Morgan fingerprint density at radius 2 is 1.71 bits per heavy atom. The van der Waals surface area contributed by atoms with Gasteiger partial charge in [0.2, 0.25) is 0 Å². The molecule has 1 saturated carbocycles. The van der Waals surface area contributed by atoms with E-state index in [2.05, 4.69) is 23.1 Å². The van der Waals surface area contributed by atoms with Gasteiger partial charge in [-0.2, -0.15) is 31.4 Å². The van der Waals surface area contributed by atoms with Gasteiger partial charge in [-0.25, -0.2) is 9.59 Å². The molecule has 9 nitrogen and oxygen atoms in total. The fraction of sp³-hybridized carbons (Fsp3) is 0.737. The summed E-state index contributed by atoms with van der Waals surface area (Å²) in [5, 5.41) is 18.5. The molecule has 0 radical (unpaired) electrons. The second-order valence-corrected chi connectivity index (χ2v) is 7.50. The van der Waals surface area contributed by atoms with E-state index in [9.17, 15) is 26.3 Å². The van der Waals surface area contributed by atoms with Crippen LogP contribution in [0.25, 0.3) is 0 Å². The first-order valence-corrected chi connectivity index (χ1v) is 10.2. The SMILES string of the molecule is CCOCC1CC[C@H]2[C@H]1OCCN2Cc1cnn(C)c1.O=C(O)C(F)(F)F.O=C(O)C(F)(F)F. The Morgan fingerprint density at radius 1 is 1.15 bits per heavy atom. The molecule has 2 fully saturated rings. The standard InChI is InChI=1S/C15H25N3O2.2C2HF3O2/c1-3-19-11-13-4-5-14-15(13)20-7-6-18(14)10-12-8-16-17(2)9-12;2*3-2(4,5)1(6)7/h8-9,13-15H,3-7,10-11H2,1-2H3;2*(H,6,7)/t13?,14-,15-;;/m0../s1. The number of carbonyl (C=O) groups is 2. The summed E-state index contributed by atoms with van der Waals surface area (Å²) in [6, 6.07) is 0.550. The van der Waals surface area contributed by atoms with Crippen molar-refractivity contribution in [2.75, 3.05) is 26.4 Å². The lowest BCUT2D eigenvalue weighted by molar-refractivity contribution is -0.193. The van der Waals surface area contributed by atoms with E-state index in [1.165, 1.54) is 18.4 Å². The Bertz CT molecular complexity index is 761. The molecule has 2 aliphatic rings. The van der Waals surface area contributed by atoms with Gasteiger partial charge < -0.3 is 19.7 Å². The minimum absolute atomic E-state index is 0.354. The van der Waals surface area contributed by atoms with E-state index in [-0.39, 0.29) is 0 Å². The van der Waals surface area contributed by atoms with Crippen LogP contribution in [-0.4, -0.2) is 87.7 Å². The van der Waals surface area contributed by atoms with Crippen molar-refractivity contribution < 1.29 is 55.6 Å². The highest BCUT2D eigenvalue weighted by atomic mass is 19.4. The lowest BCUT2D eigenvalue weighted by Crippen LogP contribution is -2.50. The van der Waals surface area contributed by atoms with Gasteiger partial charge in [0.25, 0.3) is 0 Å². The number of carboxylic acid groups (broad SMARTS) is 2. The monoisotopic (exact) mass is 507 g/mol. The van der Waals surface area contributed by atoms with Crippen molar-refractivity contribution in [2.24, 2.45) is 13.0 Å². The molecule has 0 bridgehead atoms. The van der Waals surface area contributed by atoms with Gasteiger partial charge in [0, 0.05) is 50.5 Å². The zero-order valence-corrected chi connectivity index (χ0v) is 18.5. The van der Waals surface area contributed by atoms with Gasteiger partial charge in [-0.15, -0.1) is 0 Å². The van der Waals surface area contributed by atoms with E-state index in [4.69, 9.17) is 29.3 Å². The maximum Gasteiger partial charge on any atom is 0.490 e.